The number of hydrogen-bond donors (Lipinski definition) is 2. The van der Waals surface area contributed by atoms with Gasteiger partial charge in [0.05, 0.1) is 22.0 Å². The lowest BCUT2D eigenvalue weighted by Crippen LogP contribution is -2.02. The molecule has 0 saturated carbocycles. The Hall–Kier alpha value is -2.15. The van der Waals surface area contributed by atoms with Gasteiger partial charge in [0, 0.05) is 12.3 Å². The van der Waals surface area contributed by atoms with Crippen molar-refractivity contribution in [1.82, 2.24) is 0 Å². The predicted octanol–water partition coefficient (Wildman–Crippen LogP) is 2.69. The van der Waals surface area contributed by atoms with Gasteiger partial charge in [-0.05, 0) is 30.3 Å². The molecule has 0 aromatic heterocycles. The van der Waals surface area contributed by atoms with Crippen LogP contribution in [0.5, 0.6) is 0 Å². The van der Waals surface area contributed by atoms with Gasteiger partial charge in [0.25, 0.3) is 0 Å². The molecule has 0 atom stereocenters. The van der Waals surface area contributed by atoms with Crippen LogP contribution in [-0.4, -0.2) is 14.7 Å². The molecular formula is C13H12F2N2O2S. The fourth-order valence-corrected chi connectivity index (χ4v) is 2.28. The zero-order chi connectivity index (χ0) is 14.9. The molecular weight excluding hydrogens is 286 g/mol. The SMILES string of the molecule is CS(=O)(=O)c1ccc(Nc2cc(F)ccc2F)c(N)c1. The van der Waals surface area contributed by atoms with Crippen LogP contribution in [-0.2, 0) is 9.84 Å². The van der Waals surface area contributed by atoms with Crippen molar-refractivity contribution in [3.05, 3.63) is 48.0 Å². The van der Waals surface area contributed by atoms with E-state index in [0.717, 1.165) is 24.5 Å². The summed E-state index contributed by atoms with van der Waals surface area (Å²) in [6, 6.07) is 6.96. The molecule has 3 N–H and O–H groups in total. The highest BCUT2D eigenvalue weighted by atomic mass is 32.2. The molecule has 0 amide bonds. The number of halogens is 2. The van der Waals surface area contributed by atoms with Gasteiger partial charge in [0.1, 0.15) is 11.6 Å². The van der Waals surface area contributed by atoms with E-state index in [1.165, 1.54) is 18.2 Å². The maximum absolute atomic E-state index is 13.5. The fraction of sp³-hybridized carbons (Fsp3) is 0.0769. The minimum Gasteiger partial charge on any atom is -0.397 e. The van der Waals surface area contributed by atoms with Gasteiger partial charge < -0.3 is 11.1 Å². The first-order valence-corrected chi connectivity index (χ1v) is 7.48. The minimum absolute atomic E-state index is 0.0558. The molecule has 0 bridgehead atoms. The summed E-state index contributed by atoms with van der Waals surface area (Å²) >= 11 is 0. The van der Waals surface area contributed by atoms with Crippen molar-refractivity contribution in [1.29, 1.82) is 0 Å². The van der Waals surface area contributed by atoms with Crippen molar-refractivity contribution in [2.45, 2.75) is 4.90 Å². The van der Waals surface area contributed by atoms with Crippen molar-refractivity contribution < 1.29 is 17.2 Å². The average molecular weight is 298 g/mol. The normalized spacial score (nSPS) is 11.3. The highest BCUT2D eigenvalue weighted by Gasteiger charge is 2.11. The molecule has 7 heteroatoms. The van der Waals surface area contributed by atoms with Crippen LogP contribution in [0.1, 0.15) is 0 Å². The average Bonchev–Trinajstić information content (AvgIpc) is 2.35. The topological polar surface area (TPSA) is 72.2 Å². The lowest BCUT2D eigenvalue weighted by molar-refractivity contribution is 0.602. The summed E-state index contributed by atoms with van der Waals surface area (Å²) in [7, 11) is -3.37. The van der Waals surface area contributed by atoms with E-state index in [-0.39, 0.29) is 16.3 Å². The number of hydrogen-bond acceptors (Lipinski definition) is 4. The maximum atomic E-state index is 13.5. The molecule has 0 aliphatic carbocycles. The van der Waals surface area contributed by atoms with E-state index in [0.29, 0.717) is 5.69 Å². The lowest BCUT2D eigenvalue weighted by Gasteiger charge is -2.11. The number of anilines is 3. The Kier molecular flexibility index (Phi) is 3.63. The summed E-state index contributed by atoms with van der Waals surface area (Å²) in [6.07, 6.45) is 1.06. The molecule has 0 aliphatic heterocycles. The standard InChI is InChI=1S/C13H12F2N2O2S/c1-20(18,19)9-3-5-12(11(16)7-9)17-13-6-8(14)2-4-10(13)15/h2-7,17H,16H2,1H3. The first-order chi connectivity index (χ1) is 9.27. The molecule has 0 fully saturated rings. The molecule has 0 radical (unpaired) electrons. The summed E-state index contributed by atoms with van der Waals surface area (Å²) in [5, 5.41) is 2.63. The Morgan fingerprint density at radius 2 is 1.75 bits per heavy atom. The van der Waals surface area contributed by atoms with Gasteiger partial charge in [-0.25, -0.2) is 17.2 Å². The molecule has 4 nitrogen and oxygen atoms in total. The van der Waals surface area contributed by atoms with Crippen LogP contribution >= 0.6 is 0 Å². The van der Waals surface area contributed by atoms with Crippen molar-refractivity contribution >= 4 is 26.9 Å². The van der Waals surface area contributed by atoms with Gasteiger partial charge in [-0.2, -0.15) is 0 Å². The Morgan fingerprint density at radius 3 is 2.35 bits per heavy atom. The molecule has 0 unspecified atom stereocenters. The molecule has 2 rings (SSSR count). The monoisotopic (exact) mass is 298 g/mol. The third-order valence-corrected chi connectivity index (χ3v) is 3.76. The van der Waals surface area contributed by atoms with Crippen molar-refractivity contribution in [3.8, 4) is 0 Å². The summed E-state index contributed by atoms with van der Waals surface area (Å²) < 4.78 is 49.3. The van der Waals surface area contributed by atoms with E-state index < -0.39 is 21.5 Å². The molecule has 0 heterocycles. The van der Waals surface area contributed by atoms with E-state index in [1.807, 2.05) is 0 Å². The number of benzene rings is 2. The maximum Gasteiger partial charge on any atom is 0.175 e. The second-order valence-corrected chi connectivity index (χ2v) is 6.29. The Balaban J connectivity index is 2.38. The van der Waals surface area contributed by atoms with Gasteiger partial charge in [-0.3, -0.25) is 0 Å². The van der Waals surface area contributed by atoms with E-state index in [2.05, 4.69) is 5.32 Å². The van der Waals surface area contributed by atoms with Crippen molar-refractivity contribution in [3.63, 3.8) is 0 Å². The van der Waals surface area contributed by atoms with Gasteiger partial charge in [-0.15, -0.1) is 0 Å². The Bertz CT molecular complexity index is 761. The third-order valence-electron chi connectivity index (χ3n) is 2.65. The van der Waals surface area contributed by atoms with E-state index in [1.54, 1.807) is 0 Å². The van der Waals surface area contributed by atoms with Crippen LogP contribution in [0, 0.1) is 11.6 Å². The number of nitrogens with one attached hydrogen (secondary N) is 1. The molecule has 2 aromatic rings. The second kappa shape index (κ2) is 5.09. The fourth-order valence-electron chi connectivity index (χ4n) is 1.62. The molecule has 0 aliphatic rings. The number of nitrogen functional groups attached to an aromatic ring is 1. The second-order valence-electron chi connectivity index (χ2n) is 4.27. The van der Waals surface area contributed by atoms with Gasteiger partial charge in [0.15, 0.2) is 9.84 Å². The van der Waals surface area contributed by atoms with E-state index >= 15 is 0 Å². The lowest BCUT2D eigenvalue weighted by atomic mass is 10.2. The minimum atomic E-state index is -3.37. The van der Waals surface area contributed by atoms with Gasteiger partial charge in [0.2, 0.25) is 0 Å². The summed E-state index contributed by atoms with van der Waals surface area (Å²) in [5.41, 5.74) is 6.05. The molecule has 0 saturated heterocycles. The number of rotatable bonds is 3. The van der Waals surface area contributed by atoms with Crippen LogP contribution < -0.4 is 11.1 Å². The molecule has 20 heavy (non-hydrogen) atoms. The first-order valence-electron chi connectivity index (χ1n) is 5.59. The van der Waals surface area contributed by atoms with Crippen LogP contribution in [0.2, 0.25) is 0 Å². The highest BCUT2D eigenvalue weighted by molar-refractivity contribution is 7.90. The largest absolute Gasteiger partial charge is 0.397 e. The quantitative estimate of drug-likeness (QED) is 0.855. The van der Waals surface area contributed by atoms with Gasteiger partial charge >= 0.3 is 0 Å². The van der Waals surface area contributed by atoms with Crippen molar-refractivity contribution in [2.75, 3.05) is 17.3 Å². The van der Waals surface area contributed by atoms with Crippen LogP contribution in [0.25, 0.3) is 0 Å². The van der Waals surface area contributed by atoms with E-state index in [4.69, 9.17) is 5.73 Å². The highest BCUT2D eigenvalue weighted by Crippen LogP contribution is 2.27. The zero-order valence-electron chi connectivity index (χ0n) is 10.5. The van der Waals surface area contributed by atoms with Gasteiger partial charge in [-0.1, -0.05) is 0 Å². The first kappa shape index (κ1) is 14.3. The van der Waals surface area contributed by atoms with E-state index in [9.17, 15) is 17.2 Å². The molecule has 2 aromatic carbocycles. The number of sulfone groups is 1. The Labute approximate surface area is 115 Å². The smallest absolute Gasteiger partial charge is 0.175 e. The van der Waals surface area contributed by atoms with Crippen LogP contribution in [0.15, 0.2) is 41.3 Å². The zero-order valence-corrected chi connectivity index (χ0v) is 11.3. The Morgan fingerprint density at radius 1 is 1.05 bits per heavy atom. The number of nitrogens with two attached hydrogens (primary N) is 1. The molecule has 0 spiro atoms. The third kappa shape index (κ3) is 3.05. The van der Waals surface area contributed by atoms with Crippen molar-refractivity contribution in [2.24, 2.45) is 0 Å². The summed E-state index contributed by atoms with van der Waals surface area (Å²) in [4.78, 5) is 0.0558. The van der Waals surface area contributed by atoms with Crippen LogP contribution in [0.3, 0.4) is 0 Å². The summed E-state index contributed by atoms with van der Waals surface area (Å²) in [6.45, 7) is 0. The van der Waals surface area contributed by atoms with Crippen LogP contribution in [0.4, 0.5) is 25.8 Å². The molecule has 106 valence electrons. The predicted molar refractivity (Wildman–Crippen MR) is 73.6 cm³/mol. The summed E-state index contributed by atoms with van der Waals surface area (Å²) in [5.74, 6) is -1.24.